The van der Waals surface area contributed by atoms with E-state index in [1.165, 1.54) is 18.2 Å². The number of hydrogen-bond acceptors (Lipinski definition) is 3. The zero-order valence-electron chi connectivity index (χ0n) is 12.1. The number of imide groups is 2. The number of carbonyl (C=O) groups is 3. The smallest absolute Gasteiger partial charge is 0.273 e. The summed E-state index contributed by atoms with van der Waals surface area (Å²) >= 11 is 6.03. The van der Waals surface area contributed by atoms with Gasteiger partial charge in [-0.3, -0.25) is 14.9 Å². The number of halogens is 2. The summed E-state index contributed by atoms with van der Waals surface area (Å²) in [4.78, 5) is 37.4. The van der Waals surface area contributed by atoms with Crippen LogP contribution >= 0.6 is 11.6 Å². The largest absolute Gasteiger partial charge is 0.335 e. The lowest BCUT2D eigenvalue weighted by atomic mass is 10.1. The fourth-order valence-electron chi connectivity index (χ4n) is 2.23. The molecule has 1 fully saturated rings. The summed E-state index contributed by atoms with van der Waals surface area (Å²) in [5.74, 6) is -2.13. The summed E-state index contributed by atoms with van der Waals surface area (Å²) in [5.41, 5.74) is 0.370. The molecule has 24 heavy (non-hydrogen) atoms. The van der Waals surface area contributed by atoms with E-state index in [4.69, 9.17) is 11.6 Å². The fraction of sp³-hybridized carbons (Fsp3) is 0. The topological polar surface area (TPSA) is 66.5 Å². The zero-order valence-corrected chi connectivity index (χ0v) is 12.9. The van der Waals surface area contributed by atoms with Crippen molar-refractivity contribution in [2.24, 2.45) is 0 Å². The molecule has 2 aromatic rings. The second-order valence-electron chi connectivity index (χ2n) is 4.96. The Labute approximate surface area is 141 Å². The van der Waals surface area contributed by atoms with Crippen LogP contribution in [0.5, 0.6) is 0 Å². The lowest BCUT2D eigenvalue weighted by Crippen LogP contribution is -2.54. The van der Waals surface area contributed by atoms with Gasteiger partial charge in [-0.25, -0.2) is 14.1 Å². The SMILES string of the molecule is O=C1NC(=O)N(c2ccc(F)cc2)C(=O)/C1=C\c1ccccc1Cl. The predicted octanol–water partition coefficient (Wildman–Crippen LogP) is 3.15. The molecule has 120 valence electrons. The number of amides is 4. The Bertz CT molecular complexity index is 878. The molecule has 0 aromatic heterocycles. The van der Waals surface area contributed by atoms with Gasteiger partial charge in [0.1, 0.15) is 11.4 Å². The lowest BCUT2D eigenvalue weighted by Gasteiger charge is -2.26. The molecule has 1 aliphatic heterocycles. The molecule has 5 nitrogen and oxygen atoms in total. The average Bonchev–Trinajstić information content (AvgIpc) is 2.54. The summed E-state index contributed by atoms with van der Waals surface area (Å²) in [5, 5.41) is 2.44. The van der Waals surface area contributed by atoms with Gasteiger partial charge in [0.25, 0.3) is 11.8 Å². The summed E-state index contributed by atoms with van der Waals surface area (Å²) in [6, 6.07) is 10.5. The second kappa shape index (κ2) is 6.25. The van der Waals surface area contributed by atoms with Gasteiger partial charge in [0.2, 0.25) is 0 Å². The van der Waals surface area contributed by atoms with E-state index in [1.54, 1.807) is 24.3 Å². The molecule has 7 heteroatoms. The molecule has 1 aliphatic rings. The summed E-state index contributed by atoms with van der Waals surface area (Å²) in [6.07, 6.45) is 1.31. The highest BCUT2D eigenvalue weighted by Gasteiger charge is 2.36. The summed E-state index contributed by atoms with van der Waals surface area (Å²) in [6.45, 7) is 0. The third-order valence-corrected chi connectivity index (χ3v) is 3.74. The van der Waals surface area contributed by atoms with Crippen LogP contribution in [0.15, 0.2) is 54.1 Å². The lowest BCUT2D eigenvalue weighted by molar-refractivity contribution is -0.122. The van der Waals surface area contributed by atoms with Crippen LogP contribution in [0.3, 0.4) is 0 Å². The molecule has 0 radical (unpaired) electrons. The Hall–Kier alpha value is -2.99. The highest BCUT2D eigenvalue weighted by molar-refractivity contribution is 6.39. The van der Waals surface area contributed by atoms with Gasteiger partial charge in [-0.15, -0.1) is 0 Å². The molecule has 0 saturated carbocycles. The number of carbonyl (C=O) groups excluding carboxylic acids is 3. The van der Waals surface area contributed by atoms with Crippen LogP contribution in [0.2, 0.25) is 5.02 Å². The molecule has 1 saturated heterocycles. The molecule has 0 atom stereocenters. The van der Waals surface area contributed by atoms with Gasteiger partial charge in [0.05, 0.1) is 5.69 Å². The maximum absolute atomic E-state index is 13.0. The normalized spacial score (nSPS) is 16.5. The van der Waals surface area contributed by atoms with Crippen molar-refractivity contribution in [1.29, 1.82) is 0 Å². The molecule has 1 N–H and O–H groups in total. The maximum atomic E-state index is 13.0. The van der Waals surface area contributed by atoms with Crippen molar-refractivity contribution in [1.82, 2.24) is 5.32 Å². The Morgan fingerprint density at radius 2 is 1.67 bits per heavy atom. The van der Waals surface area contributed by atoms with Gasteiger partial charge >= 0.3 is 6.03 Å². The van der Waals surface area contributed by atoms with E-state index in [2.05, 4.69) is 5.32 Å². The molecule has 2 aromatic carbocycles. The van der Waals surface area contributed by atoms with Crippen LogP contribution in [0.25, 0.3) is 6.08 Å². The molecule has 0 unspecified atom stereocenters. The molecule has 1 heterocycles. The van der Waals surface area contributed by atoms with Gasteiger partial charge in [-0.05, 0) is 42.0 Å². The molecule has 0 bridgehead atoms. The number of anilines is 1. The number of urea groups is 1. The highest BCUT2D eigenvalue weighted by Crippen LogP contribution is 2.24. The van der Waals surface area contributed by atoms with Crippen molar-refractivity contribution in [2.75, 3.05) is 4.90 Å². The minimum Gasteiger partial charge on any atom is -0.273 e. The quantitative estimate of drug-likeness (QED) is 0.672. The van der Waals surface area contributed by atoms with E-state index in [9.17, 15) is 18.8 Å². The zero-order chi connectivity index (χ0) is 17.3. The van der Waals surface area contributed by atoms with Crippen molar-refractivity contribution in [3.05, 3.63) is 70.5 Å². The van der Waals surface area contributed by atoms with Crippen LogP contribution in [0.4, 0.5) is 14.9 Å². The van der Waals surface area contributed by atoms with Gasteiger partial charge in [0, 0.05) is 5.02 Å². The first-order valence-electron chi connectivity index (χ1n) is 6.89. The number of nitrogens with zero attached hydrogens (tertiary/aromatic N) is 1. The number of hydrogen-bond donors (Lipinski definition) is 1. The summed E-state index contributed by atoms with van der Waals surface area (Å²) < 4.78 is 13.0. The number of benzene rings is 2. The number of rotatable bonds is 2. The number of nitrogens with one attached hydrogen (secondary N) is 1. The van der Waals surface area contributed by atoms with E-state index in [0.29, 0.717) is 10.6 Å². The molecule has 0 spiro atoms. The highest BCUT2D eigenvalue weighted by atomic mass is 35.5. The third-order valence-electron chi connectivity index (χ3n) is 3.39. The third kappa shape index (κ3) is 2.91. The molecule has 0 aliphatic carbocycles. The van der Waals surface area contributed by atoms with Crippen molar-refractivity contribution in [2.45, 2.75) is 0 Å². The van der Waals surface area contributed by atoms with Gasteiger partial charge in [-0.1, -0.05) is 29.8 Å². The van der Waals surface area contributed by atoms with E-state index < -0.39 is 23.7 Å². The van der Waals surface area contributed by atoms with Crippen molar-refractivity contribution < 1.29 is 18.8 Å². The Kier molecular flexibility index (Phi) is 4.14. The van der Waals surface area contributed by atoms with Crippen molar-refractivity contribution >= 4 is 41.2 Å². The molecule has 3 rings (SSSR count). The van der Waals surface area contributed by atoms with Crippen LogP contribution in [-0.2, 0) is 9.59 Å². The molecular formula is C17H10ClFN2O3. The predicted molar refractivity (Wildman–Crippen MR) is 86.9 cm³/mol. The van der Waals surface area contributed by atoms with Gasteiger partial charge < -0.3 is 0 Å². The number of barbiturate groups is 1. The molecule has 4 amide bonds. The van der Waals surface area contributed by atoms with Crippen molar-refractivity contribution in [3.8, 4) is 0 Å². The van der Waals surface area contributed by atoms with E-state index in [1.807, 2.05) is 0 Å². The van der Waals surface area contributed by atoms with Gasteiger partial charge in [0.15, 0.2) is 0 Å². The van der Waals surface area contributed by atoms with Crippen molar-refractivity contribution in [3.63, 3.8) is 0 Å². The first kappa shape index (κ1) is 15.9. The van der Waals surface area contributed by atoms with E-state index in [0.717, 1.165) is 17.0 Å². The monoisotopic (exact) mass is 344 g/mol. The van der Waals surface area contributed by atoms with Crippen LogP contribution in [0.1, 0.15) is 5.56 Å². The Morgan fingerprint density at radius 3 is 2.33 bits per heavy atom. The minimum absolute atomic E-state index is 0.149. The van der Waals surface area contributed by atoms with Crippen LogP contribution < -0.4 is 10.2 Å². The van der Waals surface area contributed by atoms with E-state index >= 15 is 0 Å². The average molecular weight is 345 g/mol. The fourth-order valence-corrected chi connectivity index (χ4v) is 2.42. The van der Waals surface area contributed by atoms with Gasteiger partial charge in [-0.2, -0.15) is 0 Å². The molecular weight excluding hydrogens is 335 g/mol. The van der Waals surface area contributed by atoms with E-state index in [-0.39, 0.29) is 11.3 Å². The first-order chi connectivity index (χ1) is 11.5. The minimum atomic E-state index is -0.895. The second-order valence-corrected chi connectivity index (χ2v) is 5.36. The van der Waals surface area contributed by atoms with Crippen LogP contribution in [-0.4, -0.2) is 17.8 Å². The first-order valence-corrected chi connectivity index (χ1v) is 7.27. The Morgan fingerprint density at radius 1 is 1.00 bits per heavy atom. The summed E-state index contributed by atoms with van der Waals surface area (Å²) in [7, 11) is 0. The maximum Gasteiger partial charge on any atom is 0.335 e. The van der Waals surface area contributed by atoms with Crippen LogP contribution in [0, 0.1) is 5.82 Å². The standard InChI is InChI=1S/C17H10ClFN2O3/c18-14-4-2-1-3-10(14)9-13-15(22)20-17(24)21(16(13)23)12-7-5-11(19)6-8-12/h1-9H,(H,20,22,24)/b13-9-. The Balaban J connectivity index is 2.03.